The largest absolute Gasteiger partial charge is 0.506 e. The molecule has 0 saturated heterocycles. The van der Waals surface area contributed by atoms with Crippen molar-refractivity contribution in [2.75, 3.05) is 17.2 Å². The summed E-state index contributed by atoms with van der Waals surface area (Å²) in [6.45, 7) is 6.51. The maximum Gasteiger partial charge on any atom is 0.255 e. The van der Waals surface area contributed by atoms with Crippen molar-refractivity contribution in [2.45, 2.75) is 95.1 Å². The summed E-state index contributed by atoms with van der Waals surface area (Å²) in [6, 6.07) is 12.7. The normalized spacial score (nSPS) is 12.7. The van der Waals surface area contributed by atoms with Crippen LogP contribution in [0.15, 0.2) is 59.5 Å². The van der Waals surface area contributed by atoms with Gasteiger partial charge >= 0.3 is 0 Å². The summed E-state index contributed by atoms with van der Waals surface area (Å²) in [4.78, 5) is 25.8. The van der Waals surface area contributed by atoms with E-state index < -0.39 is 32.7 Å². The van der Waals surface area contributed by atoms with Crippen LogP contribution in [0.5, 0.6) is 11.5 Å². The quantitative estimate of drug-likeness (QED) is 0.0831. The van der Waals surface area contributed by atoms with E-state index in [1.165, 1.54) is 87.8 Å². The number of unbranched alkanes of at least 4 members (excludes halogenated alkanes) is 7. The number of benzene rings is 3. The molecule has 0 bridgehead atoms. The molecule has 2 atom stereocenters. The third-order valence-electron chi connectivity index (χ3n) is 8.05. The van der Waals surface area contributed by atoms with E-state index >= 15 is 0 Å². The lowest BCUT2D eigenvalue weighted by Gasteiger charge is -2.18. The van der Waals surface area contributed by atoms with E-state index in [-0.39, 0.29) is 43.3 Å². The summed E-state index contributed by atoms with van der Waals surface area (Å²) < 4.78 is 32.9. The van der Waals surface area contributed by atoms with Gasteiger partial charge in [-0.2, -0.15) is 0 Å². The molecule has 0 fully saturated rings. The molecule has 48 heavy (non-hydrogen) atoms. The Morgan fingerprint density at radius 1 is 0.792 bits per heavy atom. The van der Waals surface area contributed by atoms with E-state index in [0.29, 0.717) is 18.3 Å². The van der Waals surface area contributed by atoms with Crippen molar-refractivity contribution in [2.24, 2.45) is 5.92 Å². The van der Waals surface area contributed by atoms with Gasteiger partial charge in [0.1, 0.15) is 16.7 Å². The molecule has 2 unspecified atom stereocenters. The Morgan fingerprint density at radius 3 is 2.06 bits per heavy atom. The topological polar surface area (TPSA) is 122 Å². The number of hydrogen-bond acceptors (Lipinski definition) is 6. The minimum Gasteiger partial charge on any atom is -0.506 e. The summed E-state index contributed by atoms with van der Waals surface area (Å²) in [6.07, 6.45) is 11.3. The van der Waals surface area contributed by atoms with Crippen molar-refractivity contribution in [3.8, 4) is 11.5 Å². The minimum atomic E-state index is -4.08. The number of aromatic hydroxyl groups is 1. The van der Waals surface area contributed by atoms with Crippen LogP contribution in [0.2, 0.25) is 15.1 Å². The number of carbonyl (C=O) groups is 2. The van der Waals surface area contributed by atoms with E-state index in [4.69, 9.17) is 39.5 Å². The second-order valence-corrected chi connectivity index (χ2v) is 15.4. The molecule has 0 saturated carbocycles. The van der Waals surface area contributed by atoms with Gasteiger partial charge in [-0.15, -0.1) is 0 Å². The third kappa shape index (κ3) is 11.6. The molecule has 12 heteroatoms. The predicted octanol–water partition coefficient (Wildman–Crippen LogP) is 10.3. The first kappa shape index (κ1) is 39.5. The van der Waals surface area contributed by atoms with Crippen LogP contribution in [0.25, 0.3) is 0 Å². The third-order valence-corrected chi connectivity index (χ3v) is 11.3. The summed E-state index contributed by atoms with van der Waals surface area (Å²) in [7, 11) is -4.08. The Balaban J connectivity index is 1.56. The van der Waals surface area contributed by atoms with E-state index in [2.05, 4.69) is 24.5 Å². The fraction of sp³-hybridized carbons (Fsp3) is 0.444. The smallest absolute Gasteiger partial charge is 0.255 e. The standard InChI is InChI=1S/C36H45Cl3N2O6S/c1-4-6-7-8-9-10-11-12-13-24(3)23-47-26-15-17-27(18-16-26)48(45,46)34(5-2)36(44)40-31-22-33(42)32(21-30(31)39)41-35(43)25-14-19-28(37)29(38)20-25/h14-22,24,34,42H,4-13,23H2,1-3H3,(H,40,44)(H,41,43). The van der Waals surface area contributed by atoms with Gasteiger partial charge in [-0.1, -0.05) is 107 Å². The van der Waals surface area contributed by atoms with Gasteiger partial charge in [0.15, 0.2) is 9.84 Å². The van der Waals surface area contributed by atoms with Crippen LogP contribution in [0.3, 0.4) is 0 Å². The highest BCUT2D eigenvalue weighted by Gasteiger charge is 2.33. The van der Waals surface area contributed by atoms with E-state index in [0.717, 1.165) is 12.5 Å². The van der Waals surface area contributed by atoms with Gasteiger partial charge in [-0.3, -0.25) is 9.59 Å². The van der Waals surface area contributed by atoms with Gasteiger partial charge in [-0.05, 0) is 67.3 Å². The highest BCUT2D eigenvalue weighted by Crippen LogP contribution is 2.35. The molecule has 0 radical (unpaired) electrons. The predicted molar refractivity (Wildman–Crippen MR) is 196 cm³/mol. The van der Waals surface area contributed by atoms with Gasteiger partial charge in [0.25, 0.3) is 5.91 Å². The fourth-order valence-corrected chi connectivity index (χ4v) is 7.32. The lowest BCUT2D eigenvalue weighted by molar-refractivity contribution is -0.115. The number of halogens is 3. The first-order valence-electron chi connectivity index (χ1n) is 16.4. The van der Waals surface area contributed by atoms with Crippen LogP contribution in [0.1, 0.15) is 95.3 Å². The first-order chi connectivity index (χ1) is 22.9. The van der Waals surface area contributed by atoms with Crippen molar-refractivity contribution >= 4 is 67.8 Å². The Kier molecular flexibility index (Phi) is 15.8. The monoisotopic (exact) mass is 738 g/mol. The molecule has 0 aliphatic heterocycles. The number of sulfone groups is 1. The number of phenols is 1. The molecule has 0 aliphatic rings. The zero-order valence-electron chi connectivity index (χ0n) is 27.7. The minimum absolute atomic E-state index is 0.00985. The summed E-state index contributed by atoms with van der Waals surface area (Å²) in [5, 5.41) is 14.6. The van der Waals surface area contributed by atoms with E-state index in [9.17, 15) is 23.1 Å². The molecule has 3 rings (SSSR count). The highest BCUT2D eigenvalue weighted by atomic mass is 35.5. The van der Waals surface area contributed by atoms with Crippen LogP contribution in [0.4, 0.5) is 11.4 Å². The second kappa shape index (κ2) is 19.3. The Hall–Kier alpha value is -2.98. The number of phenolic OH excluding ortho intramolecular Hbond substituents is 1. The van der Waals surface area contributed by atoms with E-state index in [1.807, 2.05) is 0 Å². The summed E-state index contributed by atoms with van der Waals surface area (Å²) >= 11 is 18.2. The van der Waals surface area contributed by atoms with Crippen LogP contribution >= 0.6 is 34.8 Å². The number of rotatable bonds is 19. The Bertz CT molecular complexity index is 1630. The molecule has 3 aromatic carbocycles. The van der Waals surface area contributed by atoms with E-state index in [1.54, 1.807) is 19.1 Å². The van der Waals surface area contributed by atoms with Crippen LogP contribution < -0.4 is 15.4 Å². The number of ether oxygens (including phenoxy) is 1. The van der Waals surface area contributed by atoms with Crippen LogP contribution in [-0.4, -0.2) is 37.2 Å². The molecule has 0 aromatic heterocycles. The van der Waals surface area contributed by atoms with Gasteiger partial charge in [0.2, 0.25) is 5.91 Å². The van der Waals surface area contributed by atoms with Crippen LogP contribution in [0, 0.1) is 5.92 Å². The van der Waals surface area contributed by atoms with Gasteiger partial charge in [0, 0.05) is 11.6 Å². The molecule has 0 aliphatic carbocycles. The molecule has 2 amide bonds. The van der Waals surface area contributed by atoms with Crippen molar-refractivity contribution in [3.05, 3.63) is 75.2 Å². The molecule has 8 nitrogen and oxygen atoms in total. The Morgan fingerprint density at radius 2 is 1.44 bits per heavy atom. The number of carbonyl (C=O) groups excluding carboxylic acids is 2. The molecule has 0 spiro atoms. The summed E-state index contributed by atoms with van der Waals surface area (Å²) in [5.74, 6) is -0.870. The first-order valence-corrected chi connectivity index (χ1v) is 19.1. The van der Waals surface area contributed by atoms with Gasteiger partial charge < -0.3 is 20.5 Å². The molecule has 3 N–H and O–H groups in total. The average Bonchev–Trinajstić information content (AvgIpc) is 3.05. The summed E-state index contributed by atoms with van der Waals surface area (Å²) in [5.41, 5.74) is 0.139. The van der Waals surface area contributed by atoms with Crippen molar-refractivity contribution in [3.63, 3.8) is 0 Å². The Labute approximate surface area is 299 Å². The lowest BCUT2D eigenvalue weighted by Crippen LogP contribution is -2.34. The van der Waals surface area contributed by atoms with Gasteiger partial charge in [0.05, 0.1) is 37.9 Å². The second-order valence-electron chi connectivity index (χ2n) is 12.0. The maximum absolute atomic E-state index is 13.5. The molecule has 0 heterocycles. The maximum atomic E-state index is 13.5. The zero-order chi connectivity index (χ0) is 35.3. The van der Waals surface area contributed by atoms with Crippen molar-refractivity contribution in [1.29, 1.82) is 0 Å². The van der Waals surface area contributed by atoms with Gasteiger partial charge in [-0.25, -0.2) is 8.42 Å². The highest BCUT2D eigenvalue weighted by molar-refractivity contribution is 7.92. The lowest BCUT2D eigenvalue weighted by atomic mass is 10.0. The molecular formula is C36H45Cl3N2O6S. The SMILES string of the molecule is CCCCCCCCCCC(C)COc1ccc(S(=O)(=O)C(CC)C(=O)Nc2cc(O)c(NC(=O)c3ccc(Cl)c(Cl)c3)cc2Cl)cc1. The molecule has 262 valence electrons. The van der Waals surface area contributed by atoms with Crippen LogP contribution in [-0.2, 0) is 14.6 Å². The number of hydrogen-bond donors (Lipinski definition) is 3. The zero-order valence-corrected chi connectivity index (χ0v) is 30.7. The number of nitrogens with one attached hydrogen (secondary N) is 2. The van der Waals surface area contributed by atoms with Crippen molar-refractivity contribution in [1.82, 2.24) is 0 Å². The fourth-order valence-electron chi connectivity index (χ4n) is 5.19. The van der Waals surface area contributed by atoms with Crippen molar-refractivity contribution < 1.29 is 27.9 Å². The number of anilines is 2. The average molecular weight is 740 g/mol. The molecule has 3 aromatic rings. The molecular weight excluding hydrogens is 695 g/mol. The number of amides is 2.